The fourth-order valence-corrected chi connectivity index (χ4v) is 3.53. The van der Waals surface area contributed by atoms with E-state index in [2.05, 4.69) is 6.58 Å². The molecule has 0 unspecified atom stereocenters. The smallest absolute Gasteiger partial charge is 0.335 e. The third kappa shape index (κ3) is 8.26. The Hall–Kier alpha value is -2.14. The molecule has 1 aromatic carbocycles. The van der Waals surface area contributed by atoms with Crippen LogP contribution in [0.1, 0.15) is 96.9 Å². The van der Waals surface area contributed by atoms with E-state index in [1.54, 1.807) is 6.08 Å². The minimum Gasteiger partial charge on any atom is -0.478 e. The maximum atomic E-state index is 10.6. The van der Waals surface area contributed by atoms with Gasteiger partial charge in [-0.25, -0.2) is 9.59 Å². The van der Waals surface area contributed by atoms with Crippen LogP contribution in [-0.4, -0.2) is 32.9 Å². The molecule has 0 atom stereocenters. The van der Waals surface area contributed by atoms with Crippen molar-refractivity contribution in [2.24, 2.45) is 0 Å². The van der Waals surface area contributed by atoms with Crippen LogP contribution in [0.2, 0.25) is 0 Å². The van der Waals surface area contributed by atoms with Gasteiger partial charge in [0, 0.05) is 0 Å². The molecule has 2 rings (SSSR count). The monoisotopic (exact) mass is 390 g/mol. The number of hydrogen-bond donors (Lipinski definition) is 3. The molecule has 0 aliphatic heterocycles. The van der Waals surface area contributed by atoms with Gasteiger partial charge in [-0.2, -0.15) is 0 Å². The first-order chi connectivity index (χ1) is 13.3. The van der Waals surface area contributed by atoms with Gasteiger partial charge in [-0.1, -0.05) is 69.9 Å². The van der Waals surface area contributed by atoms with E-state index in [1.165, 1.54) is 70.1 Å². The van der Waals surface area contributed by atoms with E-state index in [4.69, 9.17) is 10.2 Å². The van der Waals surface area contributed by atoms with E-state index >= 15 is 0 Å². The summed E-state index contributed by atoms with van der Waals surface area (Å²) in [6.07, 6.45) is 15.3. The normalized spacial score (nSPS) is 17.8. The van der Waals surface area contributed by atoms with E-state index < -0.39 is 17.5 Å². The maximum absolute atomic E-state index is 10.6. The Morgan fingerprint density at radius 3 is 1.54 bits per heavy atom. The summed E-state index contributed by atoms with van der Waals surface area (Å²) in [6, 6.07) is 4.17. The van der Waals surface area contributed by atoms with Crippen LogP contribution in [-0.2, 0) is 0 Å². The molecule has 1 aromatic rings. The summed E-state index contributed by atoms with van der Waals surface area (Å²) in [5, 5.41) is 27.6. The molecule has 1 fully saturated rings. The highest BCUT2D eigenvalue weighted by atomic mass is 16.4. The average Bonchev–Trinajstić information content (AvgIpc) is 2.65. The number of rotatable bonds is 3. The molecule has 5 nitrogen and oxygen atoms in total. The standard InChI is InChI=1S/C14H26O.C9H8O4/c1-2-14(15)12-10-8-6-4-3-5-7-9-11-13-14;1-5-6(8(10)11)3-2-4-7(5)9(12)13/h2,15H,1,3-13H2;2-4H,1H3,(H,10,11)(H,12,13). The van der Waals surface area contributed by atoms with Gasteiger partial charge in [0.25, 0.3) is 0 Å². The summed E-state index contributed by atoms with van der Waals surface area (Å²) < 4.78 is 0. The number of carbonyl (C=O) groups is 2. The molecule has 0 aromatic heterocycles. The number of benzene rings is 1. The lowest BCUT2D eigenvalue weighted by Gasteiger charge is -2.24. The van der Waals surface area contributed by atoms with Crippen LogP contribution in [0.25, 0.3) is 0 Å². The zero-order chi connectivity index (χ0) is 21.0. The van der Waals surface area contributed by atoms with E-state index in [9.17, 15) is 14.7 Å². The summed E-state index contributed by atoms with van der Waals surface area (Å²) in [6.45, 7) is 5.25. The lowest BCUT2D eigenvalue weighted by molar-refractivity contribution is 0.0660. The average molecular weight is 391 g/mol. The number of aromatic carboxylic acids is 2. The Morgan fingerprint density at radius 2 is 1.21 bits per heavy atom. The molecule has 0 amide bonds. The van der Waals surface area contributed by atoms with E-state index in [-0.39, 0.29) is 16.7 Å². The zero-order valence-electron chi connectivity index (χ0n) is 17.0. The lowest BCUT2D eigenvalue weighted by atomic mass is 9.89. The number of carboxylic acid groups (broad SMARTS) is 2. The Bertz CT molecular complexity index is 606. The highest BCUT2D eigenvalue weighted by Gasteiger charge is 2.21. The maximum Gasteiger partial charge on any atom is 0.335 e. The second kappa shape index (κ2) is 12.3. The van der Waals surface area contributed by atoms with Gasteiger partial charge in [-0.15, -0.1) is 6.58 Å². The summed E-state index contributed by atoms with van der Waals surface area (Å²) >= 11 is 0. The molecular formula is C23H34O5. The van der Waals surface area contributed by atoms with Crippen molar-refractivity contribution in [1.82, 2.24) is 0 Å². The largest absolute Gasteiger partial charge is 0.478 e. The van der Waals surface area contributed by atoms with Gasteiger partial charge >= 0.3 is 11.9 Å². The Kier molecular flexibility index (Phi) is 10.5. The topological polar surface area (TPSA) is 94.8 Å². The third-order valence-electron chi connectivity index (χ3n) is 5.39. The van der Waals surface area contributed by atoms with Crippen molar-refractivity contribution in [2.45, 2.75) is 83.2 Å². The molecule has 1 aliphatic carbocycles. The van der Waals surface area contributed by atoms with Gasteiger partial charge in [0.05, 0.1) is 16.7 Å². The molecule has 1 saturated carbocycles. The van der Waals surface area contributed by atoms with Gasteiger partial charge < -0.3 is 15.3 Å². The SMILES string of the molecule is C=CC1(O)CCCCCCCCCCC1.Cc1c(C(=O)O)cccc1C(=O)O. The molecule has 0 heterocycles. The highest BCUT2D eigenvalue weighted by Crippen LogP contribution is 2.25. The molecule has 0 saturated heterocycles. The first-order valence-electron chi connectivity index (χ1n) is 10.2. The van der Waals surface area contributed by atoms with Gasteiger partial charge in [-0.3, -0.25) is 0 Å². The fraction of sp³-hybridized carbons (Fsp3) is 0.565. The van der Waals surface area contributed by atoms with Crippen molar-refractivity contribution in [3.63, 3.8) is 0 Å². The van der Waals surface area contributed by atoms with Crippen LogP contribution in [0, 0.1) is 6.92 Å². The Morgan fingerprint density at radius 1 is 0.857 bits per heavy atom. The third-order valence-corrected chi connectivity index (χ3v) is 5.39. The van der Waals surface area contributed by atoms with Crippen LogP contribution >= 0.6 is 0 Å². The van der Waals surface area contributed by atoms with Crippen molar-refractivity contribution in [3.8, 4) is 0 Å². The van der Waals surface area contributed by atoms with Gasteiger partial charge in [-0.05, 0) is 37.5 Å². The van der Waals surface area contributed by atoms with E-state index in [0.29, 0.717) is 0 Å². The van der Waals surface area contributed by atoms with Crippen LogP contribution in [0.15, 0.2) is 30.9 Å². The Balaban J connectivity index is 0.000000283. The van der Waals surface area contributed by atoms with Crippen molar-refractivity contribution < 1.29 is 24.9 Å². The molecular weight excluding hydrogens is 356 g/mol. The predicted molar refractivity (Wildman–Crippen MR) is 111 cm³/mol. The summed E-state index contributed by atoms with van der Waals surface area (Å²) in [7, 11) is 0. The highest BCUT2D eigenvalue weighted by molar-refractivity contribution is 5.96. The van der Waals surface area contributed by atoms with E-state index in [0.717, 1.165) is 25.7 Å². The second-order valence-electron chi connectivity index (χ2n) is 7.58. The summed E-state index contributed by atoms with van der Waals surface area (Å²) in [5.74, 6) is -2.22. The first kappa shape index (κ1) is 23.9. The molecule has 3 N–H and O–H groups in total. The molecule has 0 bridgehead atoms. The quantitative estimate of drug-likeness (QED) is 0.584. The summed E-state index contributed by atoms with van der Waals surface area (Å²) in [5.41, 5.74) is -0.235. The fourth-order valence-electron chi connectivity index (χ4n) is 3.53. The summed E-state index contributed by atoms with van der Waals surface area (Å²) in [4.78, 5) is 21.2. The second-order valence-corrected chi connectivity index (χ2v) is 7.58. The van der Waals surface area contributed by atoms with Gasteiger partial charge in [0.2, 0.25) is 0 Å². The molecule has 5 heteroatoms. The Labute approximate surface area is 168 Å². The van der Waals surface area contributed by atoms with Crippen molar-refractivity contribution in [3.05, 3.63) is 47.5 Å². The van der Waals surface area contributed by atoms with Crippen molar-refractivity contribution >= 4 is 11.9 Å². The predicted octanol–water partition coefficient (Wildman–Crippen LogP) is 5.60. The number of aliphatic hydroxyl groups is 1. The van der Waals surface area contributed by atoms with Crippen molar-refractivity contribution in [2.75, 3.05) is 0 Å². The van der Waals surface area contributed by atoms with Gasteiger partial charge in [0.1, 0.15) is 0 Å². The van der Waals surface area contributed by atoms with Crippen LogP contribution < -0.4 is 0 Å². The van der Waals surface area contributed by atoms with Crippen LogP contribution in [0.3, 0.4) is 0 Å². The number of hydrogen-bond acceptors (Lipinski definition) is 3. The number of carboxylic acids is 2. The first-order valence-corrected chi connectivity index (χ1v) is 10.2. The minimum absolute atomic E-state index is 0.0277. The molecule has 28 heavy (non-hydrogen) atoms. The molecule has 1 aliphatic rings. The van der Waals surface area contributed by atoms with E-state index in [1.807, 2.05) is 0 Å². The van der Waals surface area contributed by atoms with Crippen molar-refractivity contribution in [1.29, 1.82) is 0 Å². The molecule has 0 spiro atoms. The molecule has 0 radical (unpaired) electrons. The minimum atomic E-state index is -1.11. The van der Waals surface area contributed by atoms with Gasteiger partial charge in [0.15, 0.2) is 0 Å². The van der Waals surface area contributed by atoms with Crippen LogP contribution in [0.4, 0.5) is 0 Å². The lowest BCUT2D eigenvalue weighted by Crippen LogP contribution is -2.25. The zero-order valence-corrected chi connectivity index (χ0v) is 17.0. The molecule has 156 valence electrons. The van der Waals surface area contributed by atoms with Crippen LogP contribution in [0.5, 0.6) is 0 Å².